The van der Waals surface area contributed by atoms with Gasteiger partial charge >= 0.3 is 0 Å². The first kappa shape index (κ1) is 18.7. The number of hydrogen-bond donors (Lipinski definition) is 2. The van der Waals surface area contributed by atoms with Crippen molar-refractivity contribution in [3.8, 4) is 0 Å². The Morgan fingerprint density at radius 3 is 2.91 bits per heavy atom. The Morgan fingerprint density at radius 2 is 2.23 bits per heavy atom. The molecule has 1 aliphatic rings. The average molecular weight is 347 g/mol. The molecule has 0 spiro atoms. The first-order chi connectivity index (χ1) is 9.76. The molecule has 2 aromatic heterocycles. The molecule has 22 heavy (non-hydrogen) atoms. The van der Waals surface area contributed by atoms with Crippen LogP contribution in [0.1, 0.15) is 18.5 Å². The highest BCUT2D eigenvalue weighted by Gasteiger charge is 2.29. The lowest BCUT2D eigenvalue weighted by Gasteiger charge is -2.11. The highest BCUT2D eigenvalue weighted by molar-refractivity contribution is 5.85. The van der Waals surface area contributed by atoms with Crippen molar-refractivity contribution in [1.29, 1.82) is 0 Å². The number of fused-ring (bicyclic) bond motifs is 1. The lowest BCUT2D eigenvalue weighted by Crippen LogP contribution is -2.35. The van der Waals surface area contributed by atoms with Crippen LogP contribution in [0.15, 0.2) is 30.6 Å². The zero-order valence-electron chi connectivity index (χ0n) is 12.0. The summed E-state index contributed by atoms with van der Waals surface area (Å²) in [7, 11) is 0. The minimum absolute atomic E-state index is 0. The minimum atomic E-state index is -0.374. The van der Waals surface area contributed by atoms with Gasteiger partial charge in [-0.2, -0.15) is 0 Å². The summed E-state index contributed by atoms with van der Waals surface area (Å²) in [6, 6.07) is 5.80. The van der Waals surface area contributed by atoms with Gasteiger partial charge in [-0.1, -0.05) is 6.07 Å². The Bertz CT molecular complexity index is 587. The normalized spacial score (nSPS) is 20.2. The smallest absolute Gasteiger partial charge is 0.249 e. The Kier molecular flexibility index (Phi) is 7.09. The van der Waals surface area contributed by atoms with Crippen LogP contribution in [0.5, 0.6) is 0 Å². The molecule has 3 rings (SSSR count). The number of pyridine rings is 1. The number of nitrogens with zero attached hydrogens (tertiary/aromatic N) is 2. The van der Waals surface area contributed by atoms with Crippen molar-refractivity contribution in [1.82, 2.24) is 14.7 Å². The zero-order valence-corrected chi connectivity index (χ0v) is 13.6. The summed E-state index contributed by atoms with van der Waals surface area (Å²) < 4.78 is 7.49. The predicted molar refractivity (Wildman–Crippen MR) is 88.5 cm³/mol. The Labute approximate surface area is 141 Å². The summed E-state index contributed by atoms with van der Waals surface area (Å²) in [5.74, 6) is -0.0852. The van der Waals surface area contributed by atoms with E-state index in [1.54, 1.807) is 0 Å². The first-order valence-corrected chi connectivity index (χ1v) is 6.82. The van der Waals surface area contributed by atoms with E-state index >= 15 is 0 Å². The molecule has 0 saturated carbocycles. The van der Waals surface area contributed by atoms with E-state index in [1.807, 2.05) is 35.0 Å². The number of imidazole rings is 1. The van der Waals surface area contributed by atoms with E-state index in [0.717, 1.165) is 24.2 Å². The number of ether oxygens (including phenoxy) is 1. The van der Waals surface area contributed by atoms with Gasteiger partial charge in [0, 0.05) is 18.9 Å². The molecular formula is C14H20Cl2N4O2. The lowest BCUT2D eigenvalue weighted by molar-refractivity contribution is -0.132. The molecule has 0 aromatic carbocycles. The zero-order chi connectivity index (χ0) is 13.9. The van der Waals surface area contributed by atoms with Gasteiger partial charge in [0.25, 0.3) is 0 Å². The molecular weight excluding hydrogens is 327 g/mol. The van der Waals surface area contributed by atoms with Crippen LogP contribution in [0, 0.1) is 0 Å². The van der Waals surface area contributed by atoms with Crippen LogP contribution in [-0.4, -0.2) is 34.0 Å². The van der Waals surface area contributed by atoms with Gasteiger partial charge in [-0.05, 0) is 25.0 Å². The molecule has 8 heteroatoms. The Balaban J connectivity index is 0.00000121. The fraction of sp³-hybridized carbons (Fsp3) is 0.429. The number of hydrogen-bond acceptors (Lipinski definition) is 4. The van der Waals surface area contributed by atoms with Crippen LogP contribution in [0.3, 0.4) is 0 Å². The molecule has 0 aliphatic carbocycles. The molecule has 0 radical (unpaired) electrons. The molecule has 2 aromatic rings. The van der Waals surface area contributed by atoms with E-state index in [9.17, 15) is 4.79 Å². The summed E-state index contributed by atoms with van der Waals surface area (Å²) in [4.78, 5) is 16.4. The number of aromatic nitrogens is 2. The fourth-order valence-electron chi connectivity index (χ4n) is 2.44. The predicted octanol–water partition coefficient (Wildman–Crippen LogP) is 1.30. The van der Waals surface area contributed by atoms with E-state index in [2.05, 4.69) is 10.3 Å². The molecule has 0 unspecified atom stereocenters. The van der Waals surface area contributed by atoms with Crippen molar-refractivity contribution in [2.75, 3.05) is 6.54 Å². The van der Waals surface area contributed by atoms with Crippen LogP contribution >= 0.6 is 24.8 Å². The second kappa shape index (κ2) is 8.33. The molecule has 1 fully saturated rings. The number of nitrogens with two attached hydrogens (primary N) is 1. The van der Waals surface area contributed by atoms with Crippen LogP contribution in [0.2, 0.25) is 0 Å². The van der Waals surface area contributed by atoms with Gasteiger partial charge in [0.1, 0.15) is 11.8 Å². The van der Waals surface area contributed by atoms with Gasteiger partial charge in [-0.25, -0.2) is 4.98 Å². The average Bonchev–Trinajstić information content (AvgIpc) is 3.10. The fourth-order valence-corrected chi connectivity index (χ4v) is 2.44. The van der Waals surface area contributed by atoms with E-state index in [-0.39, 0.29) is 42.9 Å². The highest BCUT2D eigenvalue weighted by atomic mass is 35.5. The maximum atomic E-state index is 12.0. The Morgan fingerprint density at radius 1 is 1.41 bits per heavy atom. The van der Waals surface area contributed by atoms with Crippen LogP contribution in [0.25, 0.3) is 5.65 Å². The first-order valence-electron chi connectivity index (χ1n) is 6.82. The van der Waals surface area contributed by atoms with Gasteiger partial charge in [0.15, 0.2) is 0 Å². The quantitative estimate of drug-likeness (QED) is 0.874. The molecule has 2 atom stereocenters. The van der Waals surface area contributed by atoms with E-state index in [4.69, 9.17) is 10.5 Å². The monoisotopic (exact) mass is 346 g/mol. The summed E-state index contributed by atoms with van der Waals surface area (Å²) >= 11 is 0. The molecule has 3 N–H and O–H groups in total. The van der Waals surface area contributed by atoms with E-state index in [0.29, 0.717) is 13.1 Å². The van der Waals surface area contributed by atoms with Crippen molar-refractivity contribution in [3.63, 3.8) is 0 Å². The summed E-state index contributed by atoms with van der Waals surface area (Å²) in [5, 5.41) is 2.87. The van der Waals surface area contributed by atoms with Crippen molar-refractivity contribution < 1.29 is 9.53 Å². The number of carbonyl (C=O) groups excluding carboxylic acids is 1. The molecule has 122 valence electrons. The van der Waals surface area contributed by atoms with Gasteiger partial charge in [-0.3, -0.25) is 4.79 Å². The molecule has 3 heterocycles. The van der Waals surface area contributed by atoms with Crippen LogP contribution < -0.4 is 11.1 Å². The third kappa shape index (κ3) is 4.10. The summed E-state index contributed by atoms with van der Waals surface area (Å²) in [6.07, 6.45) is 5.07. The Hall–Kier alpha value is -1.34. The largest absolute Gasteiger partial charge is 0.364 e. The minimum Gasteiger partial charge on any atom is -0.364 e. The number of carbonyl (C=O) groups is 1. The standard InChI is InChI=1S/C14H18N4O2.2ClH/c15-7-11-4-5-12(20-11)14(19)16-8-10-9-18-6-2-1-3-13(18)17-10;;/h1-3,6,9,11-12H,4-5,7-8,15H2,(H,16,19);2*1H/t11-,12+;;/m1../s1. The SMILES string of the molecule is Cl.Cl.NC[C@H]1CC[C@@H](C(=O)NCc2cn3ccccc3n2)O1. The van der Waals surface area contributed by atoms with Crippen LogP contribution in [-0.2, 0) is 16.1 Å². The number of rotatable bonds is 4. The second-order valence-electron chi connectivity index (χ2n) is 4.98. The van der Waals surface area contributed by atoms with Gasteiger partial charge in [0.2, 0.25) is 5.91 Å². The van der Waals surface area contributed by atoms with Crippen molar-refractivity contribution in [2.45, 2.75) is 31.6 Å². The third-order valence-corrected chi connectivity index (χ3v) is 3.52. The van der Waals surface area contributed by atoms with Gasteiger partial charge < -0.3 is 20.2 Å². The summed E-state index contributed by atoms with van der Waals surface area (Å²) in [6.45, 7) is 0.879. The maximum absolute atomic E-state index is 12.0. The molecule has 0 bridgehead atoms. The third-order valence-electron chi connectivity index (χ3n) is 3.52. The van der Waals surface area contributed by atoms with Crippen molar-refractivity contribution >= 4 is 36.4 Å². The summed E-state index contributed by atoms with van der Waals surface area (Å²) in [5.41, 5.74) is 7.24. The highest BCUT2D eigenvalue weighted by Crippen LogP contribution is 2.18. The number of nitrogens with one attached hydrogen (secondary N) is 1. The molecule has 1 amide bonds. The van der Waals surface area contributed by atoms with Crippen molar-refractivity contribution in [2.24, 2.45) is 5.73 Å². The molecule has 6 nitrogen and oxygen atoms in total. The van der Waals surface area contributed by atoms with Gasteiger partial charge in [0.05, 0.1) is 18.3 Å². The lowest BCUT2D eigenvalue weighted by atomic mass is 10.2. The van der Waals surface area contributed by atoms with Crippen LogP contribution in [0.4, 0.5) is 0 Å². The molecule has 1 aliphatic heterocycles. The maximum Gasteiger partial charge on any atom is 0.249 e. The number of amides is 1. The number of halogens is 2. The van der Waals surface area contributed by atoms with Crippen molar-refractivity contribution in [3.05, 3.63) is 36.3 Å². The second-order valence-corrected chi connectivity index (χ2v) is 4.98. The van der Waals surface area contributed by atoms with E-state index in [1.165, 1.54) is 0 Å². The van der Waals surface area contributed by atoms with Gasteiger partial charge in [-0.15, -0.1) is 24.8 Å². The molecule has 1 saturated heterocycles. The van der Waals surface area contributed by atoms with E-state index < -0.39 is 0 Å². The topological polar surface area (TPSA) is 81.7 Å².